The van der Waals surface area contributed by atoms with Crippen molar-refractivity contribution in [3.8, 4) is 0 Å². The highest BCUT2D eigenvalue weighted by Crippen LogP contribution is 1.99. The SMILES string of the molecule is CC(C)C(=S)n1ccnc1. The quantitative estimate of drug-likeness (QED) is 0.573. The average Bonchev–Trinajstić information content (AvgIpc) is 2.36. The van der Waals surface area contributed by atoms with Gasteiger partial charge in [0, 0.05) is 18.3 Å². The second-order valence-corrected chi connectivity index (χ2v) is 2.88. The summed E-state index contributed by atoms with van der Waals surface area (Å²) in [6.07, 6.45) is 5.32. The molecule has 0 radical (unpaired) electrons. The summed E-state index contributed by atoms with van der Waals surface area (Å²) in [5.41, 5.74) is 0. The highest BCUT2D eigenvalue weighted by atomic mass is 32.1. The van der Waals surface area contributed by atoms with Gasteiger partial charge in [0.25, 0.3) is 0 Å². The summed E-state index contributed by atoms with van der Waals surface area (Å²) in [6, 6.07) is 0. The number of hydrogen-bond acceptors (Lipinski definition) is 2. The first-order valence-electron chi connectivity index (χ1n) is 3.24. The second-order valence-electron chi connectivity index (χ2n) is 2.46. The molecule has 10 heavy (non-hydrogen) atoms. The molecule has 3 heteroatoms. The molecule has 0 N–H and O–H groups in total. The van der Waals surface area contributed by atoms with Crippen LogP contribution in [0, 0.1) is 5.92 Å². The van der Waals surface area contributed by atoms with Crippen molar-refractivity contribution in [1.82, 2.24) is 9.55 Å². The molecule has 0 saturated heterocycles. The van der Waals surface area contributed by atoms with E-state index in [2.05, 4.69) is 18.8 Å². The van der Waals surface area contributed by atoms with Crippen LogP contribution in [0.2, 0.25) is 0 Å². The highest BCUT2D eigenvalue weighted by molar-refractivity contribution is 7.80. The van der Waals surface area contributed by atoms with E-state index in [0.717, 1.165) is 4.99 Å². The molecule has 0 unspecified atom stereocenters. The van der Waals surface area contributed by atoms with Gasteiger partial charge >= 0.3 is 0 Å². The third-order valence-electron chi connectivity index (χ3n) is 1.25. The van der Waals surface area contributed by atoms with Gasteiger partial charge in [-0.1, -0.05) is 26.1 Å². The van der Waals surface area contributed by atoms with Crippen LogP contribution in [-0.4, -0.2) is 14.5 Å². The molecule has 0 aliphatic heterocycles. The molecule has 0 bridgehead atoms. The minimum atomic E-state index is 0.407. The first-order chi connectivity index (χ1) is 4.72. The maximum Gasteiger partial charge on any atom is 0.0995 e. The van der Waals surface area contributed by atoms with Crippen LogP contribution in [0.4, 0.5) is 0 Å². The summed E-state index contributed by atoms with van der Waals surface area (Å²) in [5, 5.41) is 0. The van der Waals surface area contributed by atoms with Crippen LogP contribution in [0.1, 0.15) is 13.8 Å². The van der Waals surface area contributed by atoms with Crippen LogP contribution in [0.25, 0.3) is 0 Å². The molecule has 0 atom stereocenters. The van der Waals surface area contributed by atoms with Crippen molar-refractivity contribution in [2.45, 2.75) is 13.8 Å². The summed E-state index contributed by atoms with van der Waals surface area (Å²) in [4.78, 5) is 4.82. The lowest BCUT2D eigenvalue weighted by Gasteiger charge is -2.06. The third-order valence-corrected chi connectivity index (χ3v) is 1.94. The van der Waals surface area contributed by atoms with Gasteiger partial charge < -0.3 is 4.57 Å². The number of rotatable bonds is 1. The highest BCUT2D eigenvalue weighted by Gasteiger charge is 2.02. The Kier molecular flexibility index (Phi) is 2.17. The Morgan fingerprint density at radius 1 is 1.60 bits per heavy atom. The van der Waals surface area contributed by atoms with Crippen molar-refractivity contribution in [2.24, 2.45) is 5.92 Å². The molecular formula is C7H10N2S. The molecule has 0 saturated carbocycles. The van der Waals surface area contributed by atoms with Gasteiger partial charge in [-0.2, -0.15) is 0 Å². The molecular weight excluding hydrogens is 144 g/mol. The lowest BCUT2D eigenvalue weighted by Crippen LogP contribution is -2.13. The Morgan fingerprint density at radius 2 is 2.30 bits per heavy atom. The third kappa shape index (κ3) is 1.42. The summed E-state index contributed by atoms with van der Waals surface area (Å²) in [7, 11) is 0. The Hall–Kier alpha value is -0.700. The number of thiocarbonyl (C=S) groups is 1. The normalized spacial score (nSPS) is 10.3. The molecule has 0 aliphatic rings. The fraction of sp³-hybridized carbons (Fsp3) is 0.429. The van der Waals surface area contributed by atoms with E-state index in [4.69, 9.17) is 12.2 Å². The standard InChI is InChI=1S/C7H10N2S/c1-6(2)7(10)9-4-3-8-5-9/h3-6H,1-2H3. The van der Waals surface area contributed by atoms with E-state index in [9.17, 15) is 0 Å². The number of nitrogens with zero attached hydrogens (tertiary/aromatic N) is 2. The zero-order valence-corrected chi connectivity index (χ0v) is 6.93. The van der Waals surface area contributed by atoms with Crippen molar-refractivity contribution in [3.05, 3.63) is 18.7 Å². The van der Waals surface area contributed by atoms with Crippen LogP contribution >= 0.6 is 12.2 Å². The second kappa shape index (κ2) is 2.92. The van der Waals surface area contributed by atoms with E-state index in [-0.39, 0.29) is 0 Å². The van der Waals surface area contributed by atoms with Crippen LogP contribution in [0.15, 0.2) is 18.7 Å². The number of aromatic nitrogens is 2. The first-order valence-corrected chi connectivity index (χ1v) is 3.65. The molecule has 54 valence electrons. The molecule has 0 amide bonds. The van der Waals surface area contributed by atoms with Gasteiger partial charge in [-0.25, -0.2) is 4.98 Å². The van der Waals surface area contributed by atoms with E-state index < -0.39 is 0 Å². The molecule has 0 aromatic carbocycles. The lowest BCUT2D eigenvalue weighted by atomic mass is 10.2. The molecule has 0 aliphatic carbocycles. The molecule has 2 nitrogen and oxygen atoms in total. The summed E-state index contributed by atoms with van der Waals surface area (Å²) < 4.78 is 1.86. The monoisotopic (exact) mass is 154 g/mol. The van der Waals surface area contributed by atoms with Gasteiger partial charge in [0.15, 0.2) is 0 Å². The maximum atomic E-state index is 5.12. The smallest absolute Gasteiger partial charge is 0.0995 e. The molecule has 1 rings (SSSR count). The fourth-order valence-corrected chi connectivity index (χ4v) is 0.796. The van der Waals surface area contributed by atoms with Gasteiger partial charge in [0.2, 0.25) is 0 Å². The number of hydrogen-bond donors (Lipinski definition) is 0. The van der Waals surface area contributed by atoms with Gasteiger partial charge in [0.1, 0.15) is 0 Å². The lowest BCUT2D eigenvalue weighted by molar-refractivity contribution is 0.855. The van der Waals surface area contributed by atoms with E-state index in [1.807, 2.05) is 10.8 Å². The zero-order valence-electron chi connectivity index (χ0n) is 6.11. The molecule has 0 fully saturated rings. The topological polar surface area (TPSA) is 17.8 Å². The first kappa shape index (κ1) is 7.41. The maximum absolute atomic E-state index is 5.12. The minimum Gasteiger partial charge on any atom is -0.300 e. The summed E-state index contributed by atoms with van der Waals surface area (Å²) >= 11 is 5.12. The van der Waals surface area contributed by atoms with E-state index in [1.165, 1.54) is 0 Å². The molecule has 1 aromatic heterocycles. The van der Waals surface area contributed by atoms with Crippen LogP contribution in [0.3, 0.4) is 0 Å². The summed E-state index contributed by atoms with van der Waals surface area (Å²) in [5.74, 6) is 0.407. The van der Waals surface area contributed by atoms with Crippen molar-refractivity contribution < 1.29 is 0 Å². The largest absolute Gasteiger partial charge is 0.300 e. The minimum absolute atomic E-state index is 0.407. The fourth-order valence-electron chi connectivity index (χ4n) is 0.688. The van der Waals surface area contributed by atoms with Gasteiger partial charge in [-0.3, -0.25) is 0 Å². The Balaban J connectivity index is 2.78. The van der Waals surface area contributed by atoms with Gasteiger partial charge in [0.05, 0.1) is 11.3 Å². The van der Waals surface area contributed by atoms with Crippen molar-refractivity contribution in [2.75, 3.05) is 0 Å². The van der Waals surface area contributed by atoms with Crippen molar-refractivity contribution >= 4 is 17.2 Å². The molecule has 1 aromatic rings. The van der Waals surface area contributed by atoms with Crippen molar-refractivity contribution in [3.63, 3.8) is 0 Å². The van der Waals surface area contributed by atoms with Gasteiger partial charge in [-0.15, -0.1) is 0 Å². The molecule has 0 spiro atoms. The zero-order chi connectivity index (χ0) is 7.56. The predicted molar refractivity (Wildman–Crippen MR) is 45.1 cm³/mol. The van der Waals surface area contributed by atoms with Crippen molar-refractivity contribution in [1.29, 1.82) is 0 Å². The van der Waals surface area contributed by atoms with E-state index >= 15 is 0 Å². The van der Waals surface area contributed by atoms with Crippen LogP contribution in [0.5, 0.6) is 0 Å². The van der Waals surface area contributed by atoms with Crippen LogP contribution < -0.4 is 0 Å². The average molecular weight is 154 g/mol. The van der Waals surface area contributed by atoms with Gasteiger partial charge in [-0.05, 0) is 0 Å². The number of imidazole rings is 1. The summed E-state index contributed by atoms with van der Waals surface area (Å²) in [6.45, 7) is 4.14. The predicted octanol–water partition coefficient (Wildman–Crippen LogP) is 1.71. The Labute approximate surface area is 65.9 Å². The molecule has 1 heterocycles. The van der Waals surface area contributed by atoms with Crippen LogP contribution in [-0.2, 0) is 0 Å². The van der Waals surface area contributed by atoms with E-state index in [0.29, 0.717) is 5.92 Å². The Bertz CT molecular complexity index is 214. The van der Waals surface area contributed by atoms with E-state index in [1.54, 1.807) is 12.5 Å². The Morgan fingerprint density at radius 3 is 2.70 bits per heavy atom.